The van der Waals surface area contributed by atoms with Crippen LogP contribution in [0.2, 0.25) is 0 Å². The number of aliphatic carboxylic acids is 1. The lowest BCUT2D eigenvalue weighted by Gasteiger charge is -2.16. The molecule has 1 fully saturated rings. The highest BCUT2D eigenvalue weighted by atomic mass is 16.4. The summed E-state index contributed by atoms with van der Waals surface area (Å²) in [5.74, 6) is -1.04. The molecule has 0 unspecified atom stereocenters. The van der Waals surface area contributed by atoms with Gasteiger partial charge >= 0.3 is 5.97 Å². The van der Waals surface area contributed by atoms with Crippen LogP contribution in [-0.4, -0.2) is 22.5 Å². The first kappa shape index (κ1) is 12.6. The van der Waals surface area contributed by atoms with E-state index in [1.165, 1.54) is 0 Å². The number of benzene rings is 1. The van der Waals surface area contributed by atoms with E-state index in [1.54, 1.807) is 0 Å². The molecule has 1 aliphatic rings. The summed E-state index contributed by atoms with van der Waals surface area (Å²) in [6.07, 6.45) is 1.50. The second-order valence-electron chi connectivity index (χ2n) is 5.12. The third-order valence-electron chi connectivity index (χ3n) is 3.36. The largest absolute Gasteiger partial charge is 0.481 e. The fourth-order valence-corrected chi connectivity index (χ4v) is 2.07. The Hall–Kier alpha value is -1.84. The number of nitrogens with one attached hydrogen (secondary N) is 1. The summed E-state index contributed by atoms with van der Waals surface area (Å²) < 4.78 is 0. The number of carbonyl (C=O) groups is 2. The first-order chi connectivity index (χ1) is 8.42. The molecule has 4 heteroatoms. The van der Waals surface area contributed by atoms with Gasteiger partial charge < -0.3 is 10.4 Å². The lowest BCUT2D eigenvalue weighted by atomic mass is 10.0. The summed E-state index contributed by atoms with van der Waals surface area (Å²) in [5.41, 5.74) is 2.05. The van der Waals surface area contributed by atoms with Crippen LogP contribution in [0.1, 0.15) is 40.7 Å². The highest BCUT2D eigenvalue weighted by molar-refractivity contribution is 5.96. The van der Waals surface area contributed by atoms with Crippen molar-refractivity contribution in [1.82, 2.24) is 5.32 Å². The number of hydrogen-bond donors (Lipinski definition) is 2. The quantitative estimate of drug-likeness (QED) is 0.855. The van der Waals surface area contributed by atoms with Crippen molar-refractivity contribution >= 4 is 11.9 Å². The SMILES string of the molecule is Cc1ccc(C)c(C(=O)NC2(CC(=O)O)CC2)c1. The van der Waals surface area contributed by atoms with Crippen LogP contribution in [0, 0.1) is 13.8 Å². The van der Waals surface area contributed by atoms with Gasteiger partial charge in [0.15, 0.2) is 0 Å². The highest BCUT2D eigenvalue weighted by Crippen LogP contribution is 2.39. The molecule has 2 N–H and O–H groups in total. The number of aryl methyl sites for hydroxylation is 2. The van der Waals surface area contributed by atoms with Crippen LogP contribution in [0.4, 0.5) is 0 Å². The van der Waals surface area contributed by atoms with Gasteiger partial charge in [-0.05, 0) is 38.3 Å². The first-order valence-corrected chi connectivity index (χ1v) is 6.03. The van der Waals surface area contributed by atoms with Crippen molar-refractivity contribution in [2.45, 2.75) is 38.6 Å². The molecule has 0 bridgehead atoms. The Morgan fingerprint density at radius 1 is 1.33 bits per heavy atom. The maximum absolute atomic E-state index is 12.2. The fourth-order valence-electron chi connectivity index (χ4n) is 2.07. The number of amides is 1. The minimum absolute atomic E-state index is 0.00357. The van der Waals surface area contributed by atoms with Gasteiger partial charge in [0.2, 0.25) is 0 Å². The molecule has 0 atom stereocenters. The molecule has 1 amide bonds. The van der Waals surface area contributed by atoms with Crippen molar-refractivity contribution in [3.05, 3.63) is 34.9 Å². The van der Waals surface area contributed by atoms with Gasteiger partial charge in [0.25, 0.3) is 5.91 Å². The van der Waals surface area contributed by atoms with Crippen LogP contribution in [0.15, 0.2) is 18.2 Å². The molecule has 0 aliphatic heterocycles. The van der Waals surface area contributed by atoms with Crippen molar-refractivity contribution in [2.24, 2.45) is 0 Å². The summed E-state index contributed by atoms with van der Waals surface area (Å²) in [6, 6.07) is 5.69. The maximum atomic E-state index is 12.2. The second kappa shape index (κ2) is 4.44. The molecule has 0 aromatic heterocycles. The Kier molecular flexibility index (Phi) is 3.11. The fraction of sp³-hybridized carbons (Fsp3) is 0.429. The van der Waals surface area contributed by atoms with Crippen LogP contribution in [0.5, 0.6) is 0 Å². The number of rotatable bonds is 4. The molecule has 1 aromatic rings. The molecule has 1 aromatic carbocycles. The Morgan fingerprint density at radius 2 is 2.00 bits per heavy atom. The standard InChI is InChI=1S/C14H17NO3/c1-9-3-4-10(2)11(7-9)13(18)15-14(5-6-14)8-12(16)17/h3-4,7H,5-6,8H2,1-2H3,(H,15,18)(H,16,17). The summed E-state index contributed by atoms with van der Waals surface area (Å²) in [6.45, 7) is 3.81. The van der Waals surface area contributed by atoms with E-state index in [1.807, 2.05) is 32.0 Å². The van der Waals surface area contributed by atoms with E-state index < -0.39 is 11.5 Å². The molecule has 2 rings (SSSR count). The van der Waals surface area contributed by atoms with Gasteiger partial charge in [-0.25, -0.2) is 0 Å². The smallest absolute Gasteiger partial charge is 0.305 e. The Bertz CT molecular complexity index is 504. The van der Waals surface area contributed by atoms with Crippen molar-refractivity contribution in [1.29, 1.82) is 0 Å². The molecule has 0 radical (unpaired) electrons. The molecular formula is C14H17NO3. The molecule has 18 heavy (non-hydrogen) atoms. The van der Waals surface area contributed by atoms with E-state index >= 15 is 0 Å². The monoisotopic (exact) mass is 247 g/mol. The number of carboxylic acids is 1. The third kappa shape index (κ3) is 2.70. The second-order valence-corrected chi connectivity index (χ2v) is 5.12. The van der Waals surface area contributed by atoms with Gasteiger partial charge in [0.1, 0.15) is 0 Å². The maximum Gasteiger partial charge on any atom is 0.305 e. The zero-order valence-corrected chi connectivity index (χ0v) is 10.6. The van der Waals surface area contributed by atoms with Gasteiger partial charge in [-0.15, -0.1) is 0 Å². The van der Waals surface area contributed by atoms with Crippen LogP contribution in [0.25, 0.3) is 0 Å². The van der Waals surface area contributed by atoms with E-state index in [9.17, 15) is 9.59 Å². The van der Waals surface area contributed by atoms with Gasteiger partial charge in [0.05, 0.1) is 12.0 Å². The lowest BCUT2D eigenvalue weighted by molar-refractivity contribution is -0.137. The third-order valence-corrected chi connectivity index (χ3v) is 3.36. The normalized spacial score (nSPS) is 16.1. The van der Waals surface area contributed by atoms with Crippen molar-refractivity contribution in [3.8, 4) is 0 Å². The Morgan fingerprint density at radius 3 is 2.56 bits per heavy atom. The Labute approximate surface area is 106 Å². The molecule has 0 heterocycles. The number of hydrogen-bond acceptors (Lipinski definition) is 2. The van der Waals surface area contributed by atoms with Crippen LogP contribution in [-0.2, 0) is 4.79 Å². The van der Waals surface area contributed by atoms with Crippen LogP contribution >= 0.6 is 0 Å². The molecular weight excluding hydrogens is 230 g/mol. The molecule has 1 aliphatic carbocycles. The highest BCUT2D eigenvalue weighted by Gasteiger charge is 2.45. The zero-order valence-electron chi connectivity index (χ0n) is 10.6. The summed E-state index contributed by atoms with van der Waals surface area (Å²) in [5, 5.41) is 11.7. The van der Waals surface area contributed by atoms with E-state index in [2.05, 4.69) is 5.32 Å². The van der Waals surface area contributed by atoms with Gasteiger partial charge in [-0.2, -0.15) is 0 Å². The predicted molar refractivity (Wildman–Crippen MR) is 67.6 cm³/mol. The van der Waals surface area contributed by atoms with Crippen molar-refractivity contribution in [2.75, 3.05) is 0 Å². The minimum Gasteiger partial charge on any atom is -0.481 e. The van der Waals surface area contributed by atoms with E-state index in [-0.39, 0.29) is 12.3 Å². The van der Waals surface area contributed by atoms with Crippen LogP contribution < -0.4 is 5.32 Å². The Balaban J connectivity index is 2.13. The average molecular weight is 247 g/mol. The molecule has 0 spiro atoms. The minimum atomic E-state index is -0.867. The van der Waals surface area contributed by atoms with E-state index in [0.717, 1.165) is 24.0 Å². The first-order valence-electron chi connectivity index (χ1n) is 6.03. The van der Waals surface area contributed by atoms with Gasteiger partial charge in [-0.3, -0.25) is 9.59 Å². The van der Waals surface area contributed by atoms with E-state index in [4.69, 9.17) is 5.11 Å². The molecule has 1 saturated carbocycles. The number of carbonyl (C=O) groups excluding carboxylic acids is 1. The molecule has 96 valence electrons. The molecule has 4 nitrogen and oxygen atoms in total. The van der Waals surface area contributed by atoms with E-state index in [0.29, 0.717) is 5.56 Å². The van der Waals surface area contributed by atoms with Crippen LogP contribution in [0.3, 0.4) is 0 Å². The zero-order chi connectivity index (χ0) is 13.3. The summed E-state index contributed by atoms with van der Waals surface area (Å²) in [4.78, 5) is 22.9. The summed E-state index contributed by atoms with van der Waals surface area (Å²) in [7, 11) is 0. The van der Waals surface area contributed by atoms with Crippen molar-refractivity contribution in [3.63, 3.8) is 0 Å². The molecule has 0 saturated heterocycles. The van der Waals surface area contributed by atoms with Gasteiger partial charge in [0, 0.05) is 5.56 Å². The topological polar surface area (TPSA) is 66.4 Å². The number of carboxylic acid groups (broad SMARTS) is 1. The summed E-state index contributed by atoms with van der Waals surface area (Å²) >= 11 is 0. The lowest BCUT2D eigenvalue weighted by Crippen LogP contribution is -2.38. The van der Waals surface area contributed by atoms with Gasteiger partial charge in [-0.1, -0.05) is 17.7 Å². The van der Waals surface area contributed by atoms with Crippen molar-refractivity contribution < 1.29 is 14.7 Å². The predicted octanol–water partition coefficient (Wildman–Crippen LogP) is 2.04. The average Bonchev–Trinajstić information content (AvgIpc) is 3.00.